The van der Waals surface area contributed by atoms with Crippen molar-refractivity contribution in [1.29, 1.82) is 5.26 Å². The average Bonchev–Trinajstić information content (AvgIpc) is 3.05. The molecule has 0 atom stereocenters. The molecule has 1 aromatic heterocycles. The molecular weight excluding hydrogens is 288 g/mol. The van der Waals surface area contributed by atoms with Crippen LogP contribution in [0.5, 0.6) is 0 Å². The lowest BCUT2D eigenvalue weighted by Gasteiger charge is -2.16. The van der Waals surface area contributed by atoms with E-state index in [9.17, 15) is 0 Å². The minimum Gasteiger partial charge on any atom is -0.419 e. The summed E-state index contributed by atoms with van der Waals surface area (Å²) in [5, 5.41) is 17.2. The normalized spacial score (nSPS) is 10.6. The first kappa shape index (κ1) is 14.9. The molecule has 0 aliphatic rings. The number of hydrogen-bond acceptors (Lipinski definition) is 5. The fourth-order valence-corrected chi connectivity index (χ4v) is 2.32. The lowest BCUT2D eigenvalue weighted by Crippen LogP contribution is -2.23. The molecule has 3 aromatic rings. The van der Waals surface area contributed by atoms with Crippen LogP contribution in [0.15, 0.2) is 65.1 Å². The summed E-state index contributed by atoms with van der Waals surface area (Å²) < 4.78 is 5.71. The first-order valence-electron chi connectivity index (χ1n) is 7.36. The molecule has 0 N–H and O–H groups in total. The summed E-state index contributed by atoms with van der Waals surface area (Å²) in [5.74, 6) is 1.01. The summed E-state index contributed by atoms with van der Waals surface area (Å²) in [6, 6.07) is 21.8. The predicted molar refractivity (Wildman–Crippen MR) is 85.9 cm³/mol. The van der Waals surface area contributed by atoms with Crippen LogP contribution in [0.25, 0.3) is 11.5 Å². The summed E-state index contributed by atoms with van der Waals surface area (Å²) in [4.78, 5) is 1.97. The van der Waals surface area contributed by atoms with Crippen LogP contribution in [0.4, 0.5) is 0 Å². The maximum Gasteiger partial charge on any atom is 0.247 e. The molecule has 0 saturated heterocycles. The van der Waals surface area contributed by atoms with Crippen molar-refractivity contribution in [3.05, 3.63) is 72.1 Å². The van der Waals surface area contributed by atoms with Crippen LogP contribution in [0.3, 0.4) is 0 Å². The molecule has 0 bridgehead atoms. The Morgan fingerprint density at radius 2 is 1.61 bits per heavy atom. The predicted octanol–water partition coefficient (Wildman–Crippen LogP) is 3.26. The molecule has 1 heterocycles. The smallest absolute Gasteiger partial charge is 0.247 e. The Hall–Kier alpha value is -2.97. The van der Waals surface area contributed by atoms with Crippen molar-refractivity contribution in [2.75, 3.05) is 6.54 Å². The van der Waals surface area contributed by atoms with Gasteiger partial charge in [0.15, 0.2) is 0 Å². The summed E-state index contributed by atoms with van der Waals surface area (Å²) in [6.07, 6.45) is 0. The van der Waals surface area contributed by atoms with Gasteiger partial charge in [0.2, 0.25) is 11.8 Å². The molecule has 3 rings (SSSR count). The van der Waals surface area contributed by atoms with E-state index >= 15 is 0 Å². The quantitative estimate of drug-likeness (QED) is 0.654. The van der Waals surface area contributed by atoms with Crippen molar-refractivity contribution in [2.45, 2.75) is 13.1 Å². The van der Waals surface area contributed by atoms with Crippen molar-refractivity contribution in [2.24, 2.45) is 0 Å². The van der Waals surface area contributed by atoms with Crippen LogP contribution in [0.1, 0.15) is 11.5 Å². The van der Waals surface area contributed by atoms with Crippen LogP contribution >= 0.6 is 0 Å². The van der Waals surface area contributed by atoms with Crippen LogP contribution < -0.4 is 0 Å². The molecular formula is C18H16N4O. The van der Waals surface area contributed by atoms with E-state index in [0.29, 0.717) is 31.4 Å². The zero-order valence-corrected chi connectivity index (χ0v) is 12.6. The molecule has 114 valence electrons. The SMILES string of the molecule is N#CCN(Cc1ccccc1)Cc1nnc(-c2ccccc2)o1. The van der Waals surface area contributed by atoms with E-state index in [1.165, 1.54) is 0 Å². The molecule has 0 aliphatic heterocycles. The van der Waals surface area contributed by atoms with E-state index < -0.39 is 0 Å². The number of nitrogens with zero attached hydrogens (tertiary/aromatic N) is 4. The van der Waals surface area contributed by atoms with Crippen LogP contribution in [-0.2, 0) is 13.1 Å². The van der Waals surface area contributed by atoms with Gasteiger partial charge in [-0.3, -0.25) is 4.90 Å². The molecule has 2 aromatic carbocycles. The van der Waals surface area contributed by atoms with E-state index in [1.807, 2.05) is 65.6 Å². The largest absolute Gasteiger partial charge is 0.419 e. The molecule has 0 aliphatic carbocycles. The first-order chi connectivity index (χ1) is 11.3. The van der Waals surface area contributed by atoms with Crippen molar-refractivity contribution >= 4 is 0 Å². The monoisotopic (exact) mass is 304 g/mol. The van der Waals surface area contributed by atoms with Crippen molar-refractivity contribution in [3.8, 4) is 17.5 Å². The van der Waals surface area contributed by atoms with Gasteiger partial charge in [0.1, 0.15) is 0 Å². The highest BCUT2D eigenvalue weighted by Gasteiger charge is 2.13. The molecule has 0 radical (unpaired) electrons. The summed E-state index contributed by atoms with van der Waals surface area (Å²) in [6.45, 7) is 1.41. The lowest BCUT2D eigenvalue weighted by molar-refractivity contribution is 0.258. The van der Waals surface area contributed by atoms with E-state index in [2.05, 4.69) is 16.3 Å². The molecule has 23 heavy (non-hydrogen) atoms. The second-order valence-electron chi connectivity index (χ2n) is 5.16. The number of hydrogen-bond donors (Lipinski definition) is 0. The molecule has 5 heteroatoms. The topological polar surface area (TPSA) is 66.0 Å². The summed E-state index contributed by atoms with van der Waals surface area (Å²) in [5.41, 5.74) is 2.03. The highest BCUT2D eigenvalue weighted by atomic mass is 16.4. The Morgan fingerprint density at radius 1 is 0.913 bits per heavy atom. The van der Waals surface area contributed by atoms with Crippen molar-refractivity contribution < 1.29 is 4.42 Å². The Morgan fingerprint density at radius 3 is 2.30 bits per heavy atom. The number of aromatic nitrogens is 2. The van der Waals surface area contributed by atoms with E-state index in [-0.39, 0.29) is 0 Å². The summed E-state index contributed by atoms with van der Waals surface area (Å²) >= 11 is 0. The third kappa shape index (κ3) is 4.02. The minimum atomic E-state index is 0.304. The molecule has 0 amide bonds. The Bertz CT molecular complexity index is 778. The lowest BCUT2D eigenvalue weighted by atomic mass is 10.2. The molecule has 5 nitrogen and oxygen atoms in total. The van der Waals surface area contributed by atoms with Gasteiger partial charge in [-0.2, -0.15) is 5.26 Å². The molecule has 0 fully saturated rings. The Balaban J connectivity index is 1.71. The van der Waals surface area contributed by atoms with Gasteiger partial charge in [-0.25, -0.2) is 0 Å². The fraction of sp³-hybridized carbons (Fsp3) is 0.167. The van der Waals surface area contributed by atoms with Crippen LogP contribution in [0, 0.1) is 11.3 Å². The molecule has 0 unspecified atom stereocenters. The van der Waals surface area contributed by atoms with Gasteiger partial charge < -0.3 is 4.42 Å². The molecule has 0 saturated carbocycles. The maximum absolute atomic E-state index is 9.02. The van der Waals surface area contributed by atoms with E-state index in [0.717, 1.165) is 11.1 Å². The third-order valence-corrected chi connectivity index (χ3v) is 3.39. The second-order valence-corrected chi connectivity index (χ2v) is 5.16. The zero-order chi connectivity index (χ0) is 15.9. The van der Waals surface area contributed by atoms with Crippen molar-refractivity contribution in [1.82, 2.24) is 15.1 Å². The zero-order valence-electron chi connectivity index (χ0n) is 12.6. The molecule has 0 spiro atoms. The summed E-state index contributed by atoms with van der Waals surface area (Å²) in [7, 11) is 0. The van der Waals surface area contributed by atoms with E-state index in [1.54, 1.807) is 0 Å². The van der Waals surface area contributed by atoms with Gasteiger partial charge in [-0.15, -0.1) is 10.2 Å². The number of rotatable bonds is 6. The van der Waals surface area contributed by atoms with Gasteiger partial charge in [0.25, 0.3) is 0 Å². The van der Waals surface area contributed by atoms with Crippen molar-refractivity contribution in [3.63, 3.8) is 0 Å². The number of nitriles is 1. The first-order valence-corrected chi connectivity index (χ1v) is 7.36. The van der Waals surface area contributed by atoms with Crippen LogP contribution in [0.2, 0.25) is 0 Å². The average molecular weight is 304 g/mol. The van der Waals surface area contributed by atoms with Gasteiger partial charge in [0, 0.05) is 12.1 Å². The van der Waals surface area contributed by atoms with Crippen LogP contribution in [-0.4, -0.2) is 21.6 Å². The Kier molecular flexibility index (Phi) is 4.77. The standard InChI is InChI=1S/C18H16N4O/c19-11-12-22(13-15-7-3-1-4-8-15)14-17-20-21-18(23-17)16-9-5-2-6-10-16/h1-10H,12-14H2. The third-order valence-electron chi connectivity index (χ3n) is 3.39. The van der Waals surface area contributed by atoms with E-state index in [4.69, 9.17) is 9.68 Å². The Labute approximate surface area is 134 Å². The fourth-order valence-electron chi connectivity index (χ4n) is 2.32. The van der Waals surface area contributed by atoms with Gasteiger partial charge in [-0.05, 0) is 17.7 Å². The highest BCUT2D eigenvalue weighted by Crippen LogP contribution is 2.18. The maximum atomic E-state index is 9.02. The van der Waals surface area contributed by atoms with Gasteiger partial charge in [0.05, 0.1) is 19.2 Å². The number of benzene rings is 2. The second kappa shape index (κ2) is 7.34. The highest BCUT2D eigenvalue weighted by molar-refractivity contribution is 5.51. The minimum absolute atomic E-state index is 0.304. The van der Waals surface area contributed by atoms with Gasteiger partial charge in [-0.1, -0.05) is 48.5 Å². The van der Waals surface area contributed by atoms with Gasteiger partial charge >= 0.3 is 0 Å².